The van der Waals surface area contributed by atoms with Crippen molar-refractivity contribution in [3.63, 3.8) is 0 Å². The monoisotopic (exact) mass is 265 g/mol. The molecule has 4 nitrogen and oxygen atoms in total. The van der Waals surface area contributed by atoms with Crippen LogP contribution in [-0.2, 0) is 4.79 Å². The molecule has 2 N–H and O–H groups in total. The van der Waals surface area contributed by atoms with Crippen LogP contribution in [0.1, 0.15) is 6.92 Å². The third-order valence-electron chi connectivity index (χ3n) is 1.79. The molecular formula is C10H10ClF2NO3. The summed E-state index contributed by atoms with van der Waals surface area (Å²) < 4.78 is 28.0. The van der Waals surface area contributed by atoms with Gasteiger partial charge in [-0.3, -0.25) is 4.79 Å². The molecule has 94 valence electrons. The summed E-state index contributed by atoms with van der Waals surface area (Å²) in [6.07, 6.45) is -1.18. The van der Waals surface area contributed by atoms with Gasteiger partial charge in [0.05, 0.1) is 5.02 Å². The number of carbonyl (C=O) groups is 1. The predicted octanol–water partition coefficient (Wildman–Crippen LogP) is 2.26. The van der Waals surface area contributed by atoms with Crippen LogP contribution in [0, 0.1) is 0 Å². The number of aliphatic hydroxyl groups excluding tert-OH is 1. The largest absolute Gasteiger partial charge is 0.433 e. The number of hydrogen-bond donors (Lipinski definition) is 2. The van der Waals surface area contributed by atoms with Crippen LogP contribution in [0.2, 0.25) is 5.02 Å². The molecular weight excluding hydrogens is 256 g/mol. The SMILES string of the molecule is CC(O)C(=O)Nc1ccc(OC(F)F)c(Cl)c1. The Morgan fingerprint density at radius 3 is 2.65 bits per heavy atom. The number of amides is 1. The first-order valence-corrected chi connectivity index (χ1v) is 5.01. The summed E-state index contributed by atoms with van der Waals surface area (Å²) in [6.45, 7) is -1.67. The fraction of sp³-hybridized carbons (Fsp3) is 0.300. The topological polar surface area (TPSA) is 58.6 Å². The lowest BCUT2D eigenvalue weighted by Crippen LogP contribution is -2.24. The molecule has 0 heterocycles. The number of rotatable bonds is 4. The predicted molar refractivity (Wildman–Crippen MR) is 58.4 cm³/mol. The Kier molecular flexibility index (Phi) is 4.65. The fourth-order valence-electron chi connectivity index (χ4n) is 1.02. The van der Waals surface area contributed by atoms with Gasteiger partial charge in [0.15, 0.2) is 0 Å². The highest BCUT2D eigenvalue weighted by Crippen LogP contribution is 2.28. The van der Waals surface area contributed by atoms with Gasteiger partial charge in [-0.2, -0.15) is 8.78 Å². The molecule has 0 saturated carbocycles. The number of halogens is 3. The summed E-state index contributed by atoms with van der Waals surface area (Å²) in [6, 6.07) is 3.79. The van der Waals surface area contributed by atoms with Crippen LogP contribution in [-0.4, -0.2) is 23.7 Å². The zero-order valence-electron chi connectivity index (χ0n) is 8.78. The van der Waals surface area contributed by atoms with Crippen molar-refractivity contribution in [1.29, 1.82) is 0 Å². The van der Waals surface area contributed by atoms with Gasteiger partial charge in [-0.15, -0.1) is 0 Å². The Hall–Kier alpha value is -1.40. The van der Waals surface area contributed by atoms with Crippen LogP contribution in [0.5, 0.6) is 5.75 Å². The highest BCUT2D eigenvalue weighted by molar-refractivity contribution is 6.32. The second kappa shape index (κ2) is 5.79. The average molecular weight is 266 g/mol. The number of alkyl halides is 2. The highest BCUT2D eigenvalue weighted by atomic mass is 35.5. The molecule has 0 spiro atoms. The maximum atomic E-state index is 11.9. The molecule has 1 aromatic rings. The first kappa shape index (κ1) is 13.7. The number of nitrogens with one attached hydrogen (secondary N) is 1. The van der Waals surface area contributed by atoms with Crippen molar-refractivity contribution in [2.75, 3.05) is 5.32 Å². The zero-order valence-corrected chi connectivity index (χ0v) is 9.54. The van der Waals surface area contributed by atoms with Crippen molar-refractivity contribution in [3.05, 3.63) is 23.2 Å². The zero-order chi connectivity index (χ0) is 13.0. The molecule has 0 radical (unpaired) electrons. The van der Waals surface area contributed by atoms with Crippen LogP contribution in [0.15, 0.2) is 18.2 Å². The summed E-state index contributed by atoms with van der Waals surface area (Å²) in [5.74, 6) is -0.805. The smallest absolute Gasteiger partial charge is 0.387 e. The number of ether oxygens (including phenoxy) is 1. The molecule has 7 heteroatoms. The van der Waals surface area contributed by atoms with E-state index in [1.807, 2.05) is 0 Å². The summed E-state index contributed by atoms with van der Waals surface area (Å²) in [5, 5.41) is 11.2. The van der Waals surface area contributed by atoms with Crippen molar-refractivity contribution < 1.29 is 23.4 Å². The van der Waals surface area contributed by atoms with Gasteiger partial charge in [0.25, 0.3) is 5.91 Å². The molecule has 0 aromatic heterocycles. The summed E-state index contributed by atoms with van der Waals surface area (Å²) >= 11 is 5.66. The van der Waals surface area contributed by atoms with Crippen LogP contribution >= 0.6 is 11.6 Å². The first-order chi connectivity index (χ1) is 7.90. The lowest BCUT2D eigenvalue weighted by Gasteiger charge is -2.10. The molecule has 1 rings (SSSR count). The third kappa shape index (κ3) is 4.16. The molecule has 0 aliphatic rings. The fourth-order valence-corrected chi connectivity index (χ4v) is 1.24. The molecule has 0 fully saturated rings. The maximum absolute atomic E-state index is 11.9. The second-order valence-corrected chi connectivity index (χ2v) is 3.60. The van der Waals surface area contributed by atoms with E-state index < -0.39 is 18.6 Å². The van der Waals surface area contributed by atoms with E-state index in [4.69, 9.17) is 16.7 Å². The molecule has 0 aliphatic carbocycles. The van der Waals surface area contributed by atoms with Gasteiger partial charge in [0, 0.05) is 5.69 Å². The molecule has 1 amide bonds. The van der Waals surface area contributed by atoms with Crippen molar-refractivity contribution in [1.82, 2.24) is 0 Å². The van der Waals surface area contributed by atoms with E-state index >= 15 is 0 Å². The Balaban J connectivity index is 2.78. The number of anilines is 1. The molecule has 17 heavy (non-hydrogen) atoms. The minimum atomic E-state index is -2.97. The van der Waals surface area contributed by atoms with E-state index in [-0.39, 0.29) is 16.5 Å². The number of carbonyl (C=O) groups excluding carboxylic acids is 1. The van der Waals surface area contributed by atoms with Crippen molar-refractivity contribution in [2.45, 2.75) is 19.6 Å². The van der Waals surface area contributed by atoms with Crippen LogP contribution in [0.25, 0.3) is 0 Å². The number of aliphatic hydroxyl groups is 1. The van der Waals surface area contributed by atoms with E-state index in [9.17, 15) is 13.6 Å². The number of hydrogen-bond acceptors (Lipinski definition) is 3. The highest BCUT2D eigenvalue weighted by Gasteiger charge is 2.12. The van der Waals surface area contributed by atoms with Crippen molar-refractivity contribution in [2.24, 2.45) is 0 Å². The van der Waals surface area contributed by atoms with E-state index in [2.05, 4.69) is 10.1 Å². The first-order valence-electron chi connectivity index (χ1n) is 4.63. The summed E-state index contributed by atoms with van der Waals surface area (Å²) in [4.78, 5) is 11.1. The van der Waals surface area contributed by atoms with Crippen LogP contribution < -0.4 is 10.1 Å². The third-order valence-corrected chi connectivity index (χ3v) is 2.09. The average Bonchev–Trinajstić information content (AvgIpc) is 2.21. The van der Waals surface area contributed by atoms with Crippen LogP contribution in [0.3, 0.4) is 0 Å². The molecule has 0 aliphatic heterocycles. The van der Waals surface area contributed by atoms with E-state index in [0.29, 0.717) is 0 Å². The van der Waals surface area contributed by atoms with E-state index in [0.717, 1.165) is 0 Å². The van der Waals surface area contributed by atoms with Gasteiger partial charge in [-0.05, 0) is 25.1 Å². The van der Waals surface area contributed by atoms with Gasteiger partial charge in [-0.1, -0.05) is 11.6 Å². The molecule has 1 aromatic carbocycles. The Bertz CT molecular complexity index is 413. The summed E-state index contributed by atoms with van der Waals surface area (Å²) in [5.41, 5.74) is 0.280. The lowest BCUT2D eigenvalue weighted by molar-refractivity contribution is -0.123. The van der Waals surface area contributed by atoms with Gasteiger partial charge in [0.1, 0.15) is 11.9 Å². The number of benzene rings is 1. The Morgan fingerprint density at radius 1 is 1.53 bits per heavy atom. The molecule has 1 atom stereocenters. The molecule has 0 saturated heterocycles. The van der Waals surface area contributed by atoms with Crippen molar-refractivity contribution >= 4 is 23.2 Å². The van der Waals surface area contributed by atoms with Crippen molar-refractivity contribution in [3.8, 4) is 5.75 Å². The van der Waals surface area contributed by atoms with Gasteiger partial charge < -0.3 is 15.2 Å². The Labute approximate surface area is 101 Å². The molecule has 1 unspecified atom stereocenters. The second-order valence-electron chi connectivity index (χ2n) is 3.19. The van der Waals surface area contributed by atoms with E-state index in [1.165, 1.54) is 25.1 Å². The van der Waals surface area contributed by atoms with E-state index in [1.54, 1.807) is 0 Å². The maximum Gasteiger partial charge on any atom is 0.387 e. The Morgan fingerprint density at radius 2 is 2.18 bits per heavy atom. The minimum Gasteiger partial charge on any atom is -0.433 e. The normalized spacial score (nSPS) is 12.4. The van der Waals surface area contributed by atoms with Gasteiger partial charge in [-0.25, -0.2) is 0 Å². The minimum absolute atomic E-state index is 0.0614. The summed E-state index contributed by atoms with van der Waals surface area (Å²) in [7, 11) is 0. The lowest BCUT2D eigenvalue weighted by atomic mass is 10.3. The standard InChI is InChI=1S/C10H10ClF2NO3/c1-5(15)9(16)14-6-2-3-8(7(11)4-6)17-10(12)13/h2-5,10,15H,1H3,(H,14,16). The van der Waals surface area contributed by atoms with Crippen LogP contribution in [0.4, 0.5) is 14.5 Å². The quantitative estimate of drug-likeness (QED) is 0.878. The van der Waals surface area contributed by atoms with Gasteiger partial charge >= 0.3 is 6.61 Å². The van der Waals surface area contributed by atoms with Gasteiger partial charge in [0.2, 0.25) is 0 Å². The molecule has 0 bridgehead atoms.